The number of carbonyl (C=O) groups is 1. The third-order valence-corrected chi connectivity index (χ3v) is 5.62. The van der Waals surface area contributed by atoms with Gasteiger partial charge in [-0.05, 0) is 83.5 Å². The predicted octanol–water partition coefficient (Wildman–Crippen LogP) is 3.83. The average molecular weight is 370 g/mol. The number of allylic oxidation sites excluding steroid dienone is 2. The van der Waals surface area contributed by atoms with Crippen LogP contribution in [0.2, 0.25) is 0 Å². The maximum Gasteiger partial charge on any atom is 0.174 e. The topological polar surface area (TPSA) is 55.1 Å². The fourth-order valence-corrected chi connectivity index (χ4v) is 4.14. The van der Waals surface area contributed by atoms with Crippen molar-refractivity contribution in [2.45, 2.75) is 19.3 Å². The van der Waals surface area contributed by atoms with Crippen molar-refractivity contribution in [3.05, 3.63) is 89.2 Å². The average Bonchev–Trinajstić information content (AvgIpc) is 3.00. The molecule has 0 saturated heterocycles. The molecule has 2 aliphatic carbocycles. The van der Waals surface area contributed by atoms with E-state index in [-0.39, 0.29) is 5.78 Å². The Morgan fingerprint density at radius 3 is 2.75 bits per heavy atom. The first kappa shape index (κ1) is 18.5. The molecule has 2 aromatic rings. The van der Waals surface area contributed by atoms with Crippen LogP contribution in [0.4, 0.5) is 0 Å². The van der Waals surface area contributed by atoms with Crippen LogP contribution in [-0.2, 0) is 24.1 Å². The van der Waals surface area contributed by atoms with Crippen LogP contribution in [-0.4, -0.2) is 18.9 Å². The second-order valence-corrected chi connectivity index (χ2v) is 7.44. The van der Waals surface area contributed by atoms with Gasteiger partial charge in [-0.15, -0.1) is 0 Å². The summed E-state index contributed by atoms with van der Waals surface area (Å²) in [7, 11) is 0. The van der Waals surface area contributed by atoms with Crippen molar-refractivity contribution in [1.29, 1.82) is 0 Å². The molecule has 0 bridgehead atoms. The lowest BCUT2D eigenvalue weighted by molar-refractivity contribution is -0.113. The van der Waals surface area contributed by atoms with Gasteiger partial charge in [0.15, 0.2) is 5.78 Å². The Hall–Kier alpha value is -2.91. The van der Waals surface area contributed by atoms with Gasteiger partial charge < -0.3 is 11.1 Å². The van der Waals surface area contributed by atoms with Crippen LogP contribution in [0, 0.1) is 5.92 Å². The fraction of sp³-hybridized carbons (Fsp3) is 0.240. The first-order valence-corrected chi connectivity index (χ1v) is 9.97. The van der Waals surface area contributed by atoms with Crippen molar-refractivity contribution in [3.63, 3.8) is 0 Å². The van der Waals surface area contributed by atoms with Crippen LogP contribution in [0.5, 0.6) is 0 Å². The molecular formula is C25H26N2O. The van der Waals surface area contributed by atoms with Crippen LogP contribution in [0.15, 0.2) is 66.9 Å². The summed E-state index contributed by atoms with van der Waals surface area (Å²) in [5.41, 5.74) is 14.7. The Morgan fingerprint density at radius 1 is 0.964 bits per heavy atom. The summed E-state index contributed by atoms with van der Waals surface area (Å²) in [4.78, 5) is 10.5. The highest BCUT2D eigenvalue weighted by atomic mass is 16.1. The van der Waals surface area contributed by atoms with E-state index in [0.29, 0.717) is 12.5 Å². The molecule has 3 nitrogen and oxygen atoms in total. The number of fused-ring (bicyclic) bond motifs is 5. The van der Waals surface area contributed by atoms with Crippen LogP contribution in [0.1, 0.15) is 22.3 Å². The van der Waals surface area contributed by atoms with Crippen molar-refractivity contribution in [2.75, 3.05) is 13.1 Å². The van der Waals surface area contributed by atoms with Gasteiger partial charge in [0.25, 0.3) is 0 Å². The molecule has 3 N–H and O–H groups in total. The van der Waals surface area contributed by atoms with Crippen molar-refractivity contribution in [3.8, 4) is 11.1 Å². The molecule has 0 saturated carbocycles. The highest BCUT2D eigenvalue weighted by molar-refractivity contribution is 5.92. The Morgan fingerprint density at radius 2 is 1.86 bits per heavy atom. The van der Waals surface area contributed by atoms with Crippen molar-refractivity contribution in [1.82, 2.24) is 5.32 Å². The number of hydrogen-bond donors (Lipinski definition) is 2. The molecular weight excluding hydrogens is 344 g/mol. The largest absolute Gasteiger partial charge is 0.383 e. The van der Waals surface area contributed by atoms with E-state index in [1.807, 2.05) is 0 Å². The van der Waals surface area contributed by atoms with E-state index in [9.17, 15) is 4.79 Å². The van der Waals surface area contributed by atoms with Gasteiger partial charge in [0.1, 0.15) is 0 Å². The zero-order valence-corrected chi connectivity index (χ0v) is 16.0. The second kappa shape index (κ2) is 8.41. The Balaban J connectivity index is 0.000000203. The van der Waals surface area contributed by atoms with Gasteiger partial charge >= 0.3 is 0 Å². The standard InChI is InChI=1S/C19H19N.C6H7NO/c20-12-13-5-6-15-8-9-17-16-4-2-1-3-14(16)7-10-18(17)19(15)11-13;8-6-3-1-2-4-7-5-6/h1-6,8-9,13H,7,10-12,20H2;1-4,7H,5H2. The van der Waals surface area contributed by atoms with E-state index in [0.717, 1.165) is 19.4 Å². The number of rotatable bonds is 1. The van der Waals surface area contributed by atoms with Gasteiger partial charge in [0.05, 0.1) is 6.54 Å². The van der Waals surface area contributed by atoms with E-state index in [1.54, 1.807) is 30.0 Å². The van der Waals surface area contributed by atoms with E-state index in [2.05, 4.69) is 53.9 Å². The monoisotopic (exact) mass is 370 g/mol. The van der Waals surface area contributed by atoms with Gasteiger partial charge in [0, 0.05) is 0 Å². The molecule has 2 aromatic carbocycles. The van der Waals surface area contributed by atoms with Gasteiger partial charge in [-0.1, -0.05) is 54.6 Å². The first-order chi connectivity index (χ1) is 13.8. The normalized spacial score (nSPS) is 18.8. The fourth-order valence-electron chi connectivity index (χ4n) is 4.14. The lowest BCUT2D eigenvalue weighted by Crippen LogP contribution is -2.19. The SMILES string of the molecule is NCC1C=Cc2ccc3c(c2C1)CCc1ccccc1-3.O=C1C=CC=CNC1. The number of nitrogens with two attached hydrogens (primary N) is 1. The van der Waals surface area contributed by atoms with Gasteiger partial charge in [-0.25, -0.2) is 0 Å². The molecule has 28 heavy (non-hydrogen) atoms. The van der Waals surface area contributed by atoms with Gasteiger partial charge in [0.2, 0.25) is 0 Å². The Labute approximate surface area is 166 Å². The second-order valence-electron chi connectivity index (χ2n) is 7.44. The number of aryl methyl sites for hydroxylation is 1. The van der Waals surface area contributed by atoms with Crippen LogP contribution in [0.3, 0.4) is 0 Å². The first-order valence-electron chi connectivity index (χ1n) is 9.97. The molecule has 0 spiro atoms. The number of benzene rings is 2. The van der Waals surface area contributed by atoms with Crippen molar-refractivity contribution in [2.24, 2.45) is 11.7 Å². The summed E-state index contributed by atoms with van der Waals surface area (Å²) in [6, 6.07) is 13.4. The number of carbonyl (C=O) groups excluding carboxylic acids is 1. The van der Waals surface area contributed by atoms with Crippen molar-refractivity contribution >= 4 is 11.9 Å². The molecule has 3 aliphatic rings. The molecule has 5 rings (SSSR count). The molecule has 0 radical (unpaired) electrons. The third-order valence-electron chi connectivity index (χ3n) is 5.62. The van der Waals surface area contributed by atoms with Crippen molar-refractivity contribution < 1.29 is 4.79 Å². The molecule has 142 valence electrons. The zero-order chi connectivity index (χ0) is 19.3. The minimum atomic E-state index is 0.120. The summed E-state index contributed by atoms with van der Waals surface area (Å²) in [6.07, 6.45) is 14.8. The zero-order valence-electron chi connectivity index (χ0n) is 16.0. The minimum Gasteiger partial charge on any atom is -0.383 e. The lowest BCUT2D eigenvalue weighted by Gasteiger charge is -2.27. The molecule has 0 amide bonds. The Bertz CT molecular complexity index is 969. The lowest BCUT2D eigenvalue weighted by atomic mass is 9.78. The summed E-state index contributed by atoms with van der Waals surface area (Å²) in [5, 5.41) is 2.80. The third kappa shape index (κ3) is 3.85. The molecule has 1 unspecified atom stereocenters. The summed E-state index contributed by atoms with van der Waals surface area (Å²) >= 11 is 0. The highest BCUT2D eigenvalue weighted by Crippen LogP contribution is 2.38. The van der Waals surface area contributed by atoms with Gasteiger partial charge in [-0.3, -0.25) is 4.79 Å². The maximum atomic E-state index is 10.5. The van der Waals surface area contributed by atoms with Crippen LogP contribution >= 0.6 is 0 Å². The predicted molar refractivity (Wildman–Crippen MR) is 116 cm³/mol. The summed E-state index contributed by atoms with van der Waals surface area (Å²) in [5.74, 6) is 0.626. The molecule has 1 heterocycles. The van der Waals surface area contributed by atoms with Crippen LogP contribution in [0.25, 0.3) is 17.2 Å². The number of nitrogens with one attached hydrogen (secondary N) is 1. The van der Waals surface area contributed by atoms with E-state index in [4.69, 9.17) is 5.73 Å². The number of ketones is 1. The smallest absolute Gasteiger partial charge is 0.174 e. The van der Waals surface area contributed by atoms with Crippen LogP contribution < -0.4 is 11.1 Å². The quantitative estimate of drug-likeness (QED) is 0.802. The summed E-state index contributed by atoms with van der Waals surface area (Å²) in [6.45, 7) is 1.17. The summed E-state index contributed by atoms with van der Waals surface area (Å²) < 4.78 is 0. The molecule has 0 aromatic heterocycles. The molecule has 1 atom stereocenters. The molecule has 1 aliphatic heterocycles. The van der Waals surface area contributed by atoms with E-state index in [1.165, 1.54) is 34.2 Å². The number of hydrogen-bond acceptors (Lipinski definition) is 3. The molecule has 3 heteroatoms. The molecule has 0 fully saturated rings. The minimum absolute atomic E-state index is 0.120. The van der Waals surface area contributed by atoms with Gasteiger partial charge in [-0.2, -0.15) is 0 Å². The van der Waals surface area contributed by atoms with E-state index < -0.39 is 0 Å². The highest BCUT2D eigenvalue weighted by Gasteiger charge is 2.22. The maximum absolute atomic E-state index is 10.5. The Kier molecular flexibility index (Phi) is 5.54. The van der Waals surface area contributed by atoms with E-state index >= 15 is 0 Å².